The molecular weight excluding hydrogens is 392 g/mol. The summed E-state index contributed by atoms with van der Waals surface area (Å²) in [7, 11) is 1.65. The predicted molar refractivity (Wildman–Crippen MR) is 108 cm³/mol. The van der Waals surface area contributed by atoms with Gasteiger partial charge in [-0.2, -0.15) is 0 Å². The van der Waals surface area contributed by atoms with E-state index >= 15 is 0 Å². The van der Waals surface area contributed by atoms with E-state index in [0.29, 0.717) is 37.5 Å². The number of rotatable bonds is 7. The second kappa shape index (κ2) is 10.2. The SMILES string of the molecule is CN(Cc1ccccc1F)C(=O)CN1CCN(C(=O)COc2ccc(F)cc2)CC1. The Labute approximate surface area is 174 Å². The summed E-state index contributed by atoms with van der Waals surface area (Å²) >= 11 is 0. The van der Waals surface area contributed by atoms with Gasteiger partial charge in [-0.25, -0.2) is 8.78 Å². The van der Waals surface area contributed by atoms with Crippen molar-refractivity contribution in [3.63, 3.8) is 0 Å². The number of carbonyl (C=O) groups is 2. The average Bonchev–Trinajstić information content (AvgIpc) is 2.75. The maximum absolute atomic E-state index is 13.8. The quantitative estimate of drug-likeness (QED) is 0.693. The van der Waals surface area contributed by atoms with Gasteiger partial charge in [-0.05, 0) is 30.3 Å². The number of carbonyl (C=O) groups excluding carboxylic acids is 2. The van der Waals surface area contributed by atoms with Gasteiger partial charge in [0.05, 0.1) is 6.54 Å². The molecule has 0 N–H and O–H groups in total. The van der Waals surface area contributed by atoms with E-state index in [1.807, 2.05) is 4.90 Å². The van der Waals surface area contributed by atoms with E-state index in [0.717, 1.165) is 0 Å². The maximum Gasteiger partial charge on any atom is 0.260 e. The molecular formula is C22H25F2N3O3. The van der Waals surface area contributed by atoms with Gasteiger partial charge in [0.25, 0.3) is 5.91 Å². The van der Waals surface area contributed by atoms with Gasteiger partial charge in [0.15, 0.2) is 6.61 Å². The van der Waals surface area contributed by atoms with E-state index in [2.05, 4.69) is 0 Å². The number of amides is 2. The fourth-order valence-corrected chi connectivity index (χ4v) is 3.20. The number of hydrogen-bond donors (Lipinski definition) is 0. The summed E-state index contributed by atoms with van der Waals surface area (Å²) in [5.74, 6) is -0.502. The van der Waals surface area contributed by atoms with Crippen LogP contribution in [0.4, 0.5) is 8.78 Å². The summed E-state index contributed by atoms with van der Waals surface area (Å²) in [6.07, 6.45) is 0. The van der Waals surface area contributed by atoms with Gasteiger partial charge < -0.3 is 14.5 Å². The van der Waals surface area contributed by atoms with E-state index in [1.54, 1.807) is 30.1 Å². The van der Waals surface area contributed by atoms with Gasteiger partial charge in [-0.15, -0.1) is 0 Å². The molecule has 0 atom stereocenters. The van der Waals surface area contributed by atoms with Crippen molar-refractivity contribution in [3.8, 4) is 5.75 Å². The molecule has 0 bridgehead atoms. The van der Waals surface area contributed by atoms with Crippen molar-refractivity contribution < 1.29 is 23.1 Å². The third kappa shape index (κ3) is 6.00. The van der Waals surface area contributed by atoms with E-state index in [9.17, 15) is 18.4 Å². The first-order chi connectivity index (χ1) is 14.4. The first-order valence-electron chi connectivity index (χ1n) is 9.78. The highest BCUT2D eigenvalue weighted by Gasteiger charge is 2.24. The molecule has 0 radical (unpaired) electrons. The van der Waals surface area contributed by atoms with Crippen molar-refractivity contribution in [1.82, 2.24) is 14.7 Å². The zero-order chi connectivity index (χ0) is 21.5. The normalized spacial score (nSPS) is 14.4. The van der Waals surface area contributed by atoms with Crippen LogP contribution in [0.25, 0.3) is 0 Å². The number of halogens is 2. The fraction of sp³-hybridized carbons (Fsp3) is 0.364. The van der Waals surface area contributed by atoms with Crippen molar-refractivity contribution in [2.24, 2.45) is 0 Å². The molecule has 1 aliphatic rings. The van der Waals surface area contributed by atoms with Gasteiger partial charge in [-0.3, -0.25) is 14.5 Å². The average molecular weight is 417 g/mol. The number of piperazine rings is 1. The third-order valence-electron chi connectivity index (χ3n) is 5.05. The molecule has 1 heterocycles. The lowest BCUT2D eigenvalue weighted by molar-refractivity contribution is -0.136. The molecule has 0 aliphatic carbocycles. The summed E-state index contributed by atoms with van der Waals surface area (Å²) in [5, 5.41) is 0. The lowest BCUT2D eigenvalue weighted by Crippen LogP contribution is -2.52. The molecule has 3 rings (SSSR count). The van der Waals surface area contributed by atoms with Crippen molar-refractivity contribution in [2.75, 3.05) is 46.4 Å². The first-order valence-corrected chi connectivity index (χ1v) is 9.78. The summed E-state index contributed by atoms with van der Waals surface area (Å²) in [6.45, 7) is 2.45. The topological polar surface area (TPSA) is 53.1 Å². The molecule has 0 unspecified atom stereocenters. The van der Waals surface area contributed by atoms with E-state index in [4.69, 9.17) is 4.74 Å². The van der Waals surface area contributed by atoms with Crippen molar-refractivity contribution in [2.45, 2.75) is 6.54 Å². The van der Waals surface area contributed by atoms with Crippen LogP contribution in [0.1, 0.15) is 5.56 Å². The van der Waals surface area contributed by atoms with Crippen LogP contribution in [0.15, 0.2) is 48.5 Å². The molecule has 8 heteroatoms. The van der Waals surface area contributed by atoms with E-state index < -0.39 is 0 Å². The Hall–Kier alpha value is -3.00. The summed E-state index contributed by atoms with van der Waals surface area (Å²) in [5.41, 5.74) is 0.477. The standard InChI is InChI=1S/C22H25F2N3O3/c1-25(14-17-4-2-3-5-20(17)24)21(28)15-26-10-12-27(13-11-26)22(29)16-30-19-8-6-18(23)7-9-19/h2-9H,10-16H2,1H3. The van der Waals surface area contributed by atoms with Crippen LogP contribution in [0.2, 0.25) is 0 Å². The Morgan fingerprint density at radius 3 is 2.33 bits per heavy atom. The lowest BCUT2D eigenvalue weighted by atomic mass is 10.2. The highest BCUT2D eigenvalue weighted by Crippen LogP contribution is 2.12. The number of likely N-dealkylation sites (N-methyl/N-ethyl adjacent to an activating group) is 1. The zero-order valence-electron chi connectivity index (χ0n) is 16.9. The van der Waals surface area contributed by atoms with E-state index in [1.165, 1.54) is 35.2 Å². The Morgan fingerprint density at radius 1 is 1.00 bits per heavy atom. The Morgan fingerprint density at radius 2 is 1.67 bits per heavy atom. The van der Waals surface area contributed by atoms with Crippen molar-refractivity contribution in [1.29, 1.82) is 0 Å². The minimum absolute atomic E-state index is 0.0994. The lowest BCUT2D eigenvalue weighted by Gasteiger charge is -2.35. The molecule has 160 valence electrons. The van der Waals surface area contributed by atoms with Gasteiger partial charge in [0.1, 0.15) is 17.4 Å². The predicted octanol–water partition coefficient (Wildman–Crippen LogP) is 2.15. The summed E-state index contributed by atoms with van der Waals surface area (Å²) in [6, 6.07) is 11.9. The first kappa shape index (κ1) is 21.7. The number of hydrogen-bond acceptors (Lipinski definition) is 4. The van der Waals surface area contributed by atoms with Gasteiger partial charge >= 0.3 is 0 Å². The molecule has 1 fully saturated rings. The molecule has 2 aromatic carbocycles. The maximum atomic E-state index is 13.8. The smallest absolute Gasteiger partial charge is 0.260 e. The van der Waals surface area contributed by atoms with Crippen molar-refractivity contribution in [3.05, 3.63) is 65.7 Å². The molecule has 0 spiro atoms. The van der Waals surface area contributed by atoms with Crippen LogP contribution >= 0.6 is 0 Å². The summed E-state index contributed by atoms with van der Waals surface area (Å²) < 4.78 is 32.1. The number of benzene rings is 2. The highest BCUT2D eigenvalue weighted by atomic mass is 19.1. The molecule has 2 amide bonds. The molecule has 6 nitrogen and oxygen atoms in total. The van der Waals surface area contributed by atoms with E-state index in [-0.39, 0.29) is 43.1 Å². The monoisotopic (exact) mass is 417 g/mol. The molecule has 1 saturated heterocycles. The second-order valence-electron chi connectivity index (χ2n) is 7.24. The van der Waals surface area contributed by atoms with Crippen LogP contribution in [-0.4, -0.2) is 72.9 Å². The minimum atomic E-state index is -0.362. The Bertz CT molecular complexity index is 868. The molecule has 0 aromatic heterocycles. The molecule has 1 aliphatic heterocycles. The Balaban J connectivity index is 1.40. The van der Waals surface area contributed by atoms with Gasteiger partial charge in [0, 0.05) is 45.3 Å². The molecule has 30 heavy (non-hydrogen) atoms. The molecule has 0 saturated carbocycles. The third-order valence-corrected chi connectivity index (χ3v) is 5.05. The second-order valence-corrected chi connectivity index (χ2v) is 7.24. The van der Waals surface area contributed by atoms with Crippen LogP contribution in [-0.2, 0) is 16.1 Å². The number of nitrogens with zero attached hydrogens (tertiary/aromatic N) is 3. The van der Waals surface area contributed by atoms with Crippen LogP contribution in [0.5, 0.6) is 5.75 Å². The van der Waals surface area contributed by atoms with Crippen molar-refractivity contribution >= 4 is 11.8 Å². The fourth-order valence-electron chi connectivity index (χ4n) is 3.20. The number of ether oxygens (including phenoxy) is 1. The van der Waals surface area contributed by atoms with Crippen LogP contribution < -0.4 is 4.74 Å². The Kier molecular flexibility index (Phi) is 7.35. The van der Waals surface area contributed by atoms with Gasteiger partial charge in [0.2, 0.25) is 5.91 Å². The highest BCUT2D eigenvalue weighted by molar-refractivity contribution is 5.79. The minimum Gasteiger partial charge on any atom is -0.484 e. The summed E-state index contributed by atoms with van der Waals surface area (Å²) in [4.78, 5) is 29.9. The van der Waals surface area contributed by atoms with Crippen LogP contribution in [0, 0.1) is 11.6 Å². The molecule has 2 aromatic rings. The van der Waals surface area contributed by atoms with Gasteiger partial charge in [-0.1, -0.05) is 18.2 Å². The zero-order valence-corrected chi connectivity index (χ0v) is 16.9. The largest absolute Gasteiger partial charge is 0.484 e. The van der Waals surface area contributed by atoms with Crippen LogP contribution in [0.3, 0.4) is 0 Å².